The highest BCUT2D eigenvalue weighted by atomic mass is 16.5. The van der Waals surface area contributed by atoms with Crippen LogP contribution in [0.5, 0.6) is 11.5 Å². The zero-order valence-electron chi connectivity index (χ0n) is 20.9. The molecule has 0 bridgehead atoms. The summed E-state index contributed by atoms with van der Waals surface area (Å²) in [6, 6.07) is 21.5. The molecule has 2 aromatic heterocycles. The lowest BCUT2D eigenvalue weighted by Gasteiger charge is -2.32. The van der Waals surface area contributed by atoms with Crippen molar-refractivity contribution in [1.29, 1.82) is 5.26 Å². The van der Waals surface area contributed by atoms with E-state index in [0.717, 1.165) is 65.0 Å². The Morgan fingerprint density at radius 1 is 1.11 bits per heavy atom. The lowest BCUT2D eigenvalue weighted by Crippen LogP contribution is -2.40. The quantitative estimate of drug-likeness (QED) is 0.262. The van der Waals surface area contributed by atoms with Crippen molar-refractivity contribution in [2.24, 2.45) is 5.92 Å². The molecule has 1 amide bonds. The van der Waals surface area contributed by atoms with Gasteiger partial charge in [0, 0.05) is 30.3 Å². The monoisotopic (exact) mass is 504 g/mol. The van der Waals surface area contributed by atoms with Crippen molar-refractivity contribution >= 4 is 22.6 Å². The molecule has 0 spiro atoms. The average Bonchev–Trinajstić information content (AvgIpc) is 3.71. The largest absolute Gasteiger partial charge is 0.457 e. The molecule has 1 aliphatic carbocycles. The van der Waals surface area contributed by atoms with Crippen molar-refractivity contribution in [3.05, 3.63) is 78.0 Å². The molecule has 4 aromatic rings. The van der Waals surface area contributed by atoms with Gasteiger partial charge >= 0.3 is 0 Å². The number of rotatable bonds is 6. The standard InChI is InChI=1S/C30H28N6O2/c31-17-22(15-19-8-9-19)30(37)36-14-4-5-21(18-36)25-16-26-27(29(32)35-34-26)28(33-25)20-10-12-24(13-11-20)38-23-6-2-1-3-7-23/h1-3,6-7,10-13,15-16,19,21H,4-5,8-9,14,18H2,(H3,32,34,35)/b22-15-/t21-/m1/s1. The van der Waals surface area contributed by atoms with Crippen LogP contribution >= 0.6 is 0 Å². The number of fused-ring (bicyclic) bond motifs is 1. The first-order chi connectivity index (χ1) is 18.6. The minimum Gasteiger partial charge on any atom is -0.457 e. The number of nitrogen functional groups attached to an aromatic ring is 1. The van der Waals surface area contributed by atoms with Crippen LogP contribution in [0.3, 0.4) is 0 Å². The van der Waals surface area contributed by atoms with E-state index in [4.69, 9.17) is 15.5 Å². The molecule has 8 heteroatoms. The van der Waals surface area contributed by atoms with Gasteiger partial charge in [-0.3, -0.25) is 14.9 Å². The van der Waals surface area contributed by atoms with Crippen molar-refractivity contribution < 1.29 is 9.53 Å². The first kappa shape index (κ1) is 23.7. The van der Waals surface area contributed by atoms with Crippen molar-refractivity contribution in [2.45, 2.75) is 31.6 Å². The number of carbonyl (C=O) groups excluding carboxylic acids is 1. The van der Waals surface area contributed by atoms with Gasteiger partial charge in [-0.25, -0.2) is 0 Å². The number of likely N-dealkylation sites (tertiary alicyclic amines) is 1. The van der Waals surface area contributed by atoms with Gasteiger partial charge in [0.1, 0.15) is 23.1 Å². The fraction of sp³-hybridized carbons (Fsp3) is 0.267. The van der Waals surface area contributed by atoms with Crippen molar-refractivity contribution in [3.63, 3.8) is 0 Å². The summed E-state index contributed by atoms with van der Waals surface area (Å²) >= 11 is 0. The van der Waals surface area contributed by atoms with E-state index in [0.29, 0.717) is 24.8 Å². The van der Waals surface area contributed by atoms with Gasteiger partial charge in [0.15, 0.2) is 5.82 Å². The van der Waals surface area contributed by atoms with Crippen LogP contribution in [-0.2, 0) is 4.79 Å². The highest BCUT2D eigenvalue weighted by Crippen LogP contribution is 2.36. The number of hydrogen-bond acceptors (Lipinski definition) is 6. The Kier molecular flexibility index (Phi) is 6.26. The van der Waals surface area contributed by atoms with Crippen molar-refractivity contribution in [3.8, 4) is 28.8 Å². The van der Waals surface area contributed by atoms with Gasteiger partial charge in [-0.15, -0.1) is 0 Å². The molecule has 1 atom stereocenters. The molecule has 38 heavy (non-hydrogen) atoms. The third-order valence-corrected chi connectivity index (χ3v) is 7.20. The number of pyridine rings is 1. The molecule has 6 rings (SSSR count). The number of nitrogens with zero attached hydrogens (tertiary/aromatic N) is 4. The van der Waals surface area contributed by atoms with Crippen LogP contribution in [0.2, 0.25) is 0 Å². The van der Waals surface area contributed by atoms with Crippen molar-refractivity contribution in [1.82, 2.24) is 20.1 Å². The van der Waals surface area contributed by atoms with Gasteiger partial charge in [-0.05, 0) is 74.1 Å². The highest BCUT2D eigenvalue weighted by Gasteiger charge is 2.30. The summed E-state index contributed by atoms with van der Waals surface area (Å²) in [6.07, 6.45) is 5.71. The zero-order chi connectivity index (χ0) is 26.1. The number of H-pyrrole nitrogens is 1. The van der Waals surface area contributed by atoms with Crippen LogP contribution in [-0.4, -0.2) is 39.1 Å². The Morgan fingerprint density at radius 2 is 1.87 bits per heavy atom. The molecular formula is C30H28N6O2. The Bertz CT molecular complexity index is 1550. The van der Waals surface area contributed by atoms with E-state index in [1.54, 1.807) is 4.90 Å². The summed E-state index contributed by atoms with van der Waals surface area (Å²) in [5.41, 5.74) is 9.82. The highest BCUT2D eigenvalue weighted by molar-refractivity contribution is 6.00. The van der Waals surface area contributed by atoms with Crippen LogP contribution in [0.4, 0.5) is 5.82 Å². The number of para-hydroxylation sites is 1. The molecule has 3 N–H and O–H groups in total. The van der Waals surface area contributed by atoms with E-state index in [1.807, 2.05) is 66.7 Å². The fourth-order valence-corrected chi connectivity index (χ4v) is 5.04. The van der Waals surface area contributed by atoms with E-state index in [-0.39, 0.29) is 17.4 Å². The number of aromatic amines is 1. The number of nitrogens with one attached hydrogen (secondary N) is 1. The number of allylic oxidation sites excluding steroid dienone is 1. The number of carbonyl (C=O) groups is 1. The predicted molar refractivity (Wildman–Crippen MR) is 145 cm³/mol. The Balaban J connectivity index is 1.29. The minimum absolute atomic E-state index is 0.0435. The van der Waals surface area contributed by atoms with Crippen LogP contribution in [0.1, 0.15) is 37.3 Å². The molecule has 0 unspecified atom stereocenters. The molecule has 2 aromatic carbocycles. The lowest BCUT2D eigenvalue weighted by atomic mass is 9.92. The van der Waals surface area contributed by atoms with Crippen molar-refractivity contribution in [2.75, 3.05) is 18.8 Å². The number of aromatic nitrogens is 3. The van der Waals surface area contributed by atoms with E-state index in [2.05, 4.69) is 16.3 Å². The van der Waals surface area contributed by atoms with Gasteiger partial charge in [0.2, 0.25) is 0 Å². The van der Waals surface area contributed by atoms with Crippen LogP contribution in [0.25, 0.3) is 22.2 Å². The molecule has 1 saturated carbocycles. The van der Waals surface area contributed by atoms with Gasteiger partial charge in [-0.1, -0.05) is 24.3 Å². The summed E-state index contributed by atoms with van der Waals surface area (Å²) in [5, 5.41) is 17.6. The number of anilines is 1. The molecule has 2 aliphatic rings. The molecule has 1 saturated heterocycles. The maximum atomic E-state index is 13.1. The summed E-state index contributed by atoms with van der Waals surface area (Å²) in [4.78, 5) is 20.0. The number of amides is 1. The first-order valence-corrected chi connectivity index (χ1v) is 13.0. The van der Waals surface area contributed by atoms with Gasteiger partial charge < -0.3 is 15.4 Å². The Hall–Kier alpha value is -4.64. The van der Waals surface area contributed by atoms with Crippen LogP contribution in [0, 0.1) is 17.2 Å². The maximum absolute atomic E-state index is 13.1. The molecule has 3 heterocycles. The molecule has 1 aliphatic heterocycles. The molecule has 2 fully saturated rings. The molecular weight excluding hydrogens is 476 g/mol. The number of piperidine rings is 1. The van der Waals surface area contributed by atoms with E-state index in [9.17, 15) is 10.1 Å². The second-order valence-electron chi connectivity index (χ2n) is 9.99. The fourth-order valence-electron chi connectivity index (χ4n) is 5.04. The smallest absolute Gasteiger partial charge is 0.264 e. The van der Waals surface area contributed by atoms with Crippen LogP contribution < -0.4 is 10.5 Å². The SMILES string of the molecule is N#C/C(=C/C1CC1)C(=O)N1CCC[C@@H](c2cc3[nH]nc(N)c3c(-c3ccc(Oc4ccccc4)cc3)n2)C1. The summed E-state index contributed by atoms with van der Waals surface area (Å²) < 4.78 is 5.95. The minimum atomic E-state index is -0.176. The normalized spacial score (nSPS) is 17.8. The number of ether oxygens (including phenoxy) is 1. The third kappa shape index (κ3) is 4.83. The molecule has 0 radical (unpaired) electrons. The molecule has 190 valence electrons. The maximum Gasteiger partial charge on any atom is 0.264 e. The molecule has 8 nitrogen and oxygen atoms in total. The van der Waals surface area contributed by atoms with Gasteiger partial charge in [-0.2, -0.15) is 10.4 Å². The lowest BCUT2D eigenvalue weighted by molar-refractivity contribution is -0.127. The van der Waals surface area contributed by atoms with E-state index >= 15 is 0 Å². The topological polar surface area (TPSA) is 121 Å². The second-order valence-corrected chi connectivity index (χ2v) is 9.99. The number of hydrogen-bond donors (Lipinski definition) is 2. The third-order valence-electron chi connectivity index (χ3n) is 7.20. The number of benzene rings is 2. The van der Waals surface area contributed by atoms with E-state index < -0.39 is 0 Å². The van der Waals surface area contributed by atoms with Gasteiger partial charge in [0.05, 0.1) is 16.6 Å². The first-order valence-electron chi connectivity index (χ1n) is 13.0. The summed E-state index contributed by atoms with van der Waals surface area (Å²) in [6.45, 7) is 1.17. The van der Waals surface area contributed by atoms with E-state index in [1.165, 1.54) is 0 Å². The summed E-state index contributed by atoms with van der Waals surface area (Å²) in [7, 11) is 0. The zero-order valence-corrected chi connectivity index (χ0v) is 20.9. The Morgan fingerprint density at radius 3 is 2.61 bits per heavy atom. The summed E-state index contributed by atoms with van der Waals surface area (Å²) in [5.74, 6) is 2.12. The number of nitriles is 1. The number of nitrogens with two attached hydrogens (primary N) is 1. The predicted octanol–water partition coefficient (Wildman–Crippen LogP) is 5.57. The van der Waals surface area contributed by atoms with Crippen LogP contribution in [0.15, 0.2) is 72.3 Å². The van der Waals surface area contributed by atoms with Gasteiger partial charge in [0.25, 0.3) is 5.91 Å². The Labute approximate surface area is 220 Å². The second kappa shape index (κ2) is 10.0. The average molecular weight is 505 g/mol.